The Morgan fingerprint density at radius 2 is 2.21 bits per heavy atom. The molecule has 0 aliphatic carbocycles. The van der Waals surface area contributed by atoms with Crippen LogP contribution in [0, 0.1) is 6.92 Å². The molecule has 1 atom stereocenters. The Balaban J connectivity index is 2.82. The van der Waals surface area contributed by atoms with Crippen molar-refractivity contribution in [1.29, 1.82) is 0 Å². The first-order chi connectivity index (χ1) is 6.50. The van der Waals surface area contributed by atoms with Crippen LogP contribution >= 0.6 is 15.9 Å². The number of rotatable bonds is 3. The SMILES string of the molecule is Cc1ccc(N[C@@H](C)C(N)=O)c(Br)c1. The van der Waals surface area contributed by atoms with Gasteiger partial charge in [-0.1, -0.05) is 6.07 Å². The molecule has 76 valence electrons. The number of benzene rings is 1. The number of amides is 1. The van der Waals surface area contributed by atoms with E-state index < -0.39 is 0 Å². The average Bonchev–Trinajstić information content (AvgIpc) is 2.09. The highest BCUT2D eigenvalue weighted by Gasteiger charge is 2.09. The molecule has 1 amide bonds. The number of nitrogens with two attached hydrogens (primary N) is 1. The van der Waals surface area contributed by atoms with Crippen molar-refractivity contribution >= 4 is 27.5 Å². The van der Waals surface area contributed by atoms with Crippen LogP contribution in [-0.2, 0) is 4.79 Å². The van der Waals surface area contributed by atoms with Gasteiger partial charge in [0.25, 0.3) is 0 Å². The van der Waals surface area contributed by atoms with Crippen LogP contribution in [0.2, 0.25) is 0 Å². The Bertz CT molecular complexity index is 352. The lowest BCUT2D eigenvalue weighted by molar-refractivity contribution is -0.118. The summed E-state index contributed by atoms with van der Waals surface area (Å²) >= 11 is 3.41. The van der Waals surface area contributed by atoms with Gasteiger partial charge >= 0.3 is 0 Å². The minimum absolute atomic E-state index is 0.363. The lowest BCUT2D eigenvalue weighted by Gasteiger charge is -2.13. The van der Waals surface area contributed by atoms with Gasteiger partial charge in [0, 0.05) is 10.2 Å². The van der Waals surface area contributed by atoms with Crippen LogP contribution in [0.3, 0.4) is 0 Å². The predicted octanol–water partition coefficient (Wildman–Crippen LogP) is 2.04. The summed E-state index contributed by atoms with van der Waals surface area (Å²) in [6.45, 7) is 3.74. The zero-order chi connectivity index (χ0) is 10.7. The summed E-state index contributed by atoms with van der Waals surface area (Å²) in [5.41, 5.74) is 7.19. The fourth-order valence-electron chi connectivity index (χ4n) is 1.04. The van der Waals surface area contributed by atoms with Crippen LogP contribution in [0.1, 0.15) is 12.5 Å². The van der Waals surface area contributed by atoms with Crippen molar-refractivity contribution in [2.24, 2.45) is 5.73 Å². The Kier molecular flexibility index (Phi) is 3.52. The lowest BCUT2D eigenvalue weighted by Crippen LogP contribution is -2.32. The first-order valence-corrected chi connectivity index (χ1v) is 5.12. The van der Waals surface area contributed by atoms with Crippen LogP contribution in [0.4, 0.5) is 5.69 Å². The Morgan fingerprint density at radius 3 is 2.71 bits per heavy atom. The van der Waals surface area contributed by atoms with Gasteiger partial charge in [-0.3, -0.25) is 4.79 Å². The summed E-state index contributed by atoms with van der Waals surface area (Å²) in [5.74, 6) is -0.363. The second-order valence-corrected chi connectivity index (χ2v) is 4.11. The summed E-state index contributed by atoms with van der Waals surface area (Å²) in [6.07, 6.45) is 0. The molecule has 0 fully saturated rings. The van der Waals surface area contributed by atoms with Gasteiger partial charge in [-0.2, -0.15) is 0 Å². The van der Waals surface area contributed by atoms with Gasteiger partial charge in [-0.25, -0.2) is 0 Å². The molecular weight excluding hydrogens is 244 g/mol. The number of halogens is 1. The summed E-state index contributed by atoms with van der Waals surface area (Å²) in [7, 11) is 0. The molecule has 0 heterocycles. The van der Waals surface area contributed by atoms with E-state index >= 15 is 0 Å². The van der Waals surface area contributed by atoms with E-state index in [0.29, 0.717) is 0 Å². The molecule has 0 aliphatic heterocycles. The molecule has 0 bridgehead atoms. The van der Waals surface area contributed by atoms with E-state index in [1.165, 1.54) is 0 Å². The molecule has 0 aromatic heterocycles. The largest absolute Gasteiger partial charge is 0.373 e. The zero-order valence-electron chi connectivity index (χ0n) is 8.17. The topological polar surface area (TPSA) is 55.1 Å². The monoisotopic (exact) mass is 256 g/mol. The van der Waals surface area contributed by atoms with Gasteiger partial charge in [0.05, 0.1) is 0 Å². The normalized spacial score (nSPS) is 12.2. The molecule has 14 heavy (non-hydrogen) atoms. The number of hydrogen-bond donors (Lipinski definition) is 2. The molecule has 0 radical (unpaired) electrons. The number of primary amides is 1. The van der Waals surface area contributed by atoms with Crippen molar-refractivity contribution < 1.29 is 4.79 Å². The van der Waals surface area contributed by atoms with E-state index in [1.54, 1.807) is 6.92 Å². The van der Waals surface area contributed by atoms with Gasteiger partial charge in [-0.15, -0.1) is 0 Å². The van der Waals surface area contributed by atoms with Gasteiger partial charge in [0.1, 0.15) is 6.04 Å². The van der Waals surface area contributed by atoms with Gasteiger partial charge in [0.2, 0.25) is 5.91 Å². The highest BCUT2D eigenvalue weighted by Crippen LogP contribution is 2.23. The van der Waals surface area contributed by atoms with Crippen LogP contribution < -0.4 is 11.1 Å². The van der Waals surface area contributed by atoms with E-state index in [9.17, 15) is 4.79 Å². The molecule has 0 spiro atoms. The molecule has 1 aromatic carbocycles. The Labute approximate surface area is 91.8 Å². The molecule has 0 aliphatic rings. The number of nitrogens with one attached hydrogen (secondary N) is 1. The fraction of sp³-hybridized carbons (Fsp3) is 0.300. The minimum Gasteiger partial charge on any atom is -0.373 e. The van der Waals surface area contributed by atoms with E-state index in [1.807, 2.05) is 25.1 Å². The van der Waals surface area contributed by atoms with Crippen molar-refractivity contribution in [3.8, 4) is 0 Å². The fourth-order valence-corrected chi connectivity index (χ4v) is 1.65. The van der Waals surface area contributed by atoms with Crippen molar-refractivity contribution in [2.45, 2.75) is 19.9 Å². The van der Waals surface area contributed by atoms with Gasteiger partial charge < -0.3 is 11.1 Å². The maximum Gasteiger partial charge on any atom is 0.239 e. The Morgan fingerprint density at radius 1 is 1.57 bits per heavy atom. The second kappa shape index (κ2) is 4.46. The highest BCUT2D eigenvalue weighted by atomic mass is 79.9. The first kappa shape index (κ1) is 11.0. The number of carbonyl (C=O) groups is 1. The van der Waals surface area contributed by atoms with Crippen molar-refractivity contribution in [1.82, 2.24) is 0 Å². The molecule has 1 rings (SSSR count). The molecule has 0 unspecified atom stereocenters. The maximum absolute atomic E-state index is 10.8. The van der Waals surface area contributed by atoms with Crippen molar-refractivity contribution in [3.05, 3.63) is 28.2 Å². The van der Waals surface area contributed by atoms with Gasteiger partial charge in [0.15, 0.2) is 0 Å². The standard InChI is InChI=1S/C10H13BrN2O/c1-6-3-4-9(8(11)5-6)13-7(2)10(12)14/h3-5,7,13H,1-2H3,(H2,12,14)/t7-/m0/s1. The average molecular weight is 257 g/mol. The smallest absolute Gasteiger partial charge is 0.239 e. The van der Waals surface area contributed by atoms with E-state index in [0.717, 1.165) is 15.7 Å². The van der Waals surface area contributed by atoms with Crippen LogP contribution in [0.15, 0.2) is 22.7 Å². The maximum atomic E-state index is 10.8. The summed E-state index contributed by atoms with van der Waals surface area (Å²) in [4.78, 5) is 10.8. The molecule has 0 saturated carbocycles. The minimum atomic E-state index is -0.367. The zero-order valence-corrected chi connectivity index (χ0v) is 9.76. The highest BCUT2D eigenvalue weighted by molar-refractivity contribution is 9.10. The predicted molar refractivity (Wildman–Crippen MR) is 61.2 cm³/mol. The summed E-state index contributed by atoms with van der Waals surface area (Å²) < 4.78 is 0.936. The van der Waals surface area contributed by atoms with Crippen molar-refractivity contribution in [2.75, 3.05) is 5.32 Å². The van der Waals surface area contributed by atoms with Crippen molar-refractivity contribution in [3.63, 3.8) is 0 Å². The quantitative estimate of drug-likeness (QED) is 0.870. The second-order valence-electron chi connectivity index (χ2n) is 3.25. The van der Waals surface area contributed by atoms with Crippen LogP contribution in [0.5, 0.6) is 0 Å². The third kappa shape index (κ3) is 2.73. The number of aryl methyl sites for hydroxylation is 1. The van der Waals surface area contributed by atoms with E-state index in [-0.39, 0.29) is 11.9 Å². The third-order valence-corrected chi connectivity index (χ3v) is 2.58. The molecular formula is C10H13BrN2O. The molecule has 0 saturated heterocycles. The summed E-state index contributed by atoms with van der Waals surface area (Å²) in [6, 6.07) is 5.50. The Hall–Kier alpha value is -1.03. The van der Waals surface area contributed by atoms with Crippen LogP contribution in [-0.4, -0.2) is 11.9 Å². The first-order valence-electron chi connectivity index (χ1n) is 4.32. The lowest BCUT2D eigenvalue weighted by atomic mass is 10.2. The summed E-state index contributed by atoms with van der Waals surface area (Å²) in [5, 5.41) is 3.02. The molecule has 1 aromatic rings. The van der Waals surface area contributed by atoms with Gasteiger partial charge in [-0.05, 0) is 47.5 Å². The molecule has 3 nitrogen and oxygen atoms in total. The third-order valence-electron chi connectivity index (χ3n) is 1.92. The number of carbonyl (C=O) groups excluding carboxylic acids is 1. The van der Waals surface area contributed by atoms with E-state index in [2.05, 4.69) is 21.2 Å². The van der Waals surface area contributed by atoms with E-state index in [4.69, 9.17) is 5.73 Å². The van der Waals surface area contributed by atoms with Crippen LogP contribution in [0.25, 0.3) is 0 Å². The molecule has 4 heteroatoms. The number of hydrogen-bond acceptors (Lipinski definition) is 2. The number of anilines is 1. The molecule has 3 N–H and O–H groups in total.